The smallest absolute Gasteiger partial charge is 0.306 e. The van der Waals surface area contributed by atoms with Gasteiger partial charge in [-0.15, -0.1) is 12.3 Å². The minimum absolute atomic E-state index is 0.157. The van der Waals surface area contributed by atoms with Crippen molar-refractivity contribution in [1.29, 1.82) is 0 Å². The molecule has 0 saturated heterocycles. The highest BCUT2D eigenvalue weighted by molar-refractivity contribution is 5.69. The third kappa shape index (κ3) is 4.35. The van der Waals surface area contributed by atoms with Crippen LogP contribution in [0.25, 0.3) is 0 Å². The maximum absolute atomic E-state index is 10.7. The van der Waals surface area contributed by atoms with Crippen LogP contribution in [-0.2, 0) is 9.53 Å². The average molecular weight is 210 g/mol. The summed E-state index contributed by atoms with van der Waals surface area (Å²) in [5, 5.41) is 8.81. The first-order valence-corrected chi connectivity index (χ1v) is 5.52. The lowest BCUT2D eigenvalue weighted by atomic mass is 9.87. The maximum Gasteiger partial charge on any atom is 0.306 e. The summed E-state index contributed by atoms with van der Waals surface area (Å²) >= 11 is 0. The van der Waals surface area contributed by atoms with Crippen LogP contribution in [-0.4, -0.2) is 23.8 Å². The molecule has 0 radical (unpaired) electrons. The summed E-state index contributed by atoms with van der Waals surface area (Å²) in [5.41, 5.74) is 0. The van der Waals surface area contributed by atoms with E-state index in [2.05, 4.69) is 5.92 Å². The molecule has 0 heterocycles. The highest BCUT2D eigenvalue weighted by atomic mass is 16.5. The Morgan fingerprint density at radius 2 is 2.07 bits per heavy atom. The SMILES string of the molecule is C#CCCCOC1CCC(C(=O)O)CC1. The third-order valence-electron chi connectivity index (χ3n) is 2.84. The number of carbonyl (C=O) groups is 1. The largest absolute Gasteiger partial charge is 0.481 e. The van der Waals surface area contributed by atoms with E-state index in [4.69, 9.17) is 16.3 Å². The summed E-state index contributed by atoms with van der Waals surface area (Å²) in [4.78, 5) is 10.7. The normalized spacial score (nSPS) is 25.8. The molecular formula is C12H18O3. The molecule has 1 aliphatic rings. The van der Waals surface area contributed by atoms with E-state index >= 15 is 0 Å². The van der Waals surface area contributed by atoms with Gasteiger partial charge in [-0.05, 0) is 32.1 Å². The second kappa shape index (κ2) is 6.47. The van der Waals surface area contributed by atoms with Crippen LogP contribution in [0.5, 0.6) is 0 Å². The van der Waals surface area contributed by atoms with Crippen molar-refractivity contribution < 1.29 is 14.6 Å². The van der Waals surface area contributed by atoms with Gasteiger partial charge in [0, 0.05) is 13.0 Å². The minimum atomic E-state index is -0.666. The van der Waals surface area contributed by atoms with Gasteiger partial charge in [0.1, 0.15) is 0 Å². The molecule has 0 aliphatic heterocycles. The van der Waals surface area contributed by atoms with Crippen LogP contribution in [0.15, 0.2) is 0 Å². The Labute approximate surface area is 90.8 Å². The molecule has 0 spiro atoms. The van der Waals surface area contributed by atoms with E-state index < -0.39 is 5.97 Å². The molecule has 84 valence electrons. The van der Waals surface area contributed by atoms with Gasteiger partial charge >= 0.3 is 5.97 Å². The molecular weight excluding hydrogens is 192 g/mol. The summed E-state index contributed by atoms with van der Waals surface area (Å²) < 4.78 is 5.62. The number of unbranched alkanes of at least 4 members (excludes halogenated alkanes) is 1. The molecule has 1 rings (SSSR count). The van der Waals surface area contributed by atoms with Gasteiger partial charge < -0.3 is 9.84 Å². The number of aliphatic carboxylic acids is 1. The molecule has 0 aromatic carbocycles. The molecule has 3 nitrogen and oxygen atoms in total. The summed E-state index contributed by atoms with van der Waals surface area (Å²) in [6, 6.07) is 0. The van der Waals surface area contributed by atoms with Crippen LogP contribution in [0.1, 0.15) is 38.5 Å². The number of carboxylic acids is 1. The Morgan fingerprint density at radius 3 is 2.60 bits per heavy atom. The molecule has 3 heteroatoms. The Morgan fingerprint density at radius 1 is 1.40 bits per heavy atom. The Kier molecular flexibility index (Phi) is 5.20. The number of carboxylic acid groups (broad SMARTS) is 1. The van der Waals surface area contributed by atoms with Gasteiger partial charge in [0.05, 0.1) is 12.0 Å². The first kappa shape index (κ1) is 12.1. The number of hydrogen-bond acceptors (Lipinski definition) is 2. The van der Waals surface area contributed by atoms with Crippen molar-refractivity contribution in [2.24, 2.45) is 5.92 Å². The van der Waals surface area contributed by atoms with E-state index in [1.54, 1.807) is 0 Å². The van der Waals surface area contributed by atoms with E-state index in [-0.39, 0.29) is 12.0 Å². The predicted molar refractivity (Wildman–Crippen MR) is 57.4 cm³/mol. The first-order valence-electron chi connectivity index (χ1n) is 5.52. The Hall–Kier alpha value is -1.01. The fourth-order valence-corrected chi connectivity index (χ4v) is 1.90. The summed E-state index contributed by atoms with van der Waals surface area (Å²) in [7, 11) is 0. The minimum Gasteiger partial charge on any atom is -0.481 e. The highest BCUT2D eigenvalue weighted by Crippen LogP contribution is 2.26. The molecule has 1 N–H and O–H groups in total. The maximum atomic E-state index is 10.7. The van der Waals surface area contributed by atoms with Crippen molar-refractivity contribution >= 4 is 5.97 Å². The lowest BCUT2D eigenvalue weighted by Gasteiger charge is -2.26. The van der Waals surface area contributed by atoms with E-state index in [9.17, 15) is 4.79 Å². The van der Waals surface area contributed by atoms with E-state index in [1.165, 1.54) is 0 Å². The quantitative estimate of drug-likeness (QED) is 0.558. The highest BCUT2D eigenvalue weighted by Gasteiger charge is 2.25. The van der Waals surface area contributed by atoms with E-state index in [1.807, 2.05) is 0 Å². The number of ether oxygens (including phenoxy) is 1. The van der Waals surface area contributed by atoms with Crippen molar-refractivity contribution in [1.82, 2.24) is 0 Å². The monoisotopic (exact) mass is 210 g/mol. The van der Waals surface area contributed by atoms with E-state index in [0.29, 0.717) is 6.61 Å². The van der Waals surface area contributed by atoms with Crippen LogP contribution in [0, 0.1) is 18.3 Å². The van der Waals surface area contributed by atoms with Crippen molar-refractivity contribution in [3.63, 3.8) is 0 Å². The molecule has 15 heavy (non-hydrogen) atoms. The lowest BCUT2D eigenvalue weighted by molar-refractivity contribution is -0.143. The molecule has 1 aliphatic carbocycles. The van der Waals surface area contributed by atoms with Gasteiger partial charge in [-0.2, -0.15) is 0 Å². The van der Waals surface area contributed by atoms with E-state index in [0.717, 1.165) is 38.5 Å². The Balaban J connectivity index is 2.10. The van der Waals surface area contributed by atoms with Gasteiger partial charge in [-0.1, -0.05) is 0 Å². The van der Waals surface area contributed by atoms with Gasteiger partial charge in [-0.3, -0.25) is 4.79 Å². The van der Waals surface area contributed by atoms with Gasteiger partial charge in [-0.25, -0.2) is 0 Å². The molecule has 0 amide bonds. The zero-order valence-electron chi connectivity index (χ0n) is 8.95. The van der Waals surface area contributed by atoms with Gasteiger partial charge in [0.15, 0.2) is 0 Å². The summed E-state index contributed by atoms with van der Waals surface area (Å²) in [5.74, 6) is 1.75. The van der Waals surface area contributed by atoms with Crippen LogP contribution < -0.4 is 0 Å². The topological polar surface area (TPSA) is 46.5 Å². The first-order chi connectivity index (χ1) is 7.24. The molecule has 0 aromatic heterocycles. The van der Waals surface area contributed by atoms with Crippen LogP contribution in [0.4, 0.5) is 0 Å². The Bertz CT molecular complexity index is 234. The average Bonchev–Trinajstić information content (AvgIpc) is 2.25. The van der Waals surface area contributed by atoms with Crippen molar-refractivity contribution in [2.45, 2.75) is 44.6 Å². The second-order valence-electron chi connectivity index (χ2n) is 3.99. The fourth-order valence-electron chi connectivity index (χ4n) is 1.90. The lowest BCUT2D eigenvalue weighted by Crippen LogP contribution is -2.26. The standard InChI is InChI=1S/C12H18O3/c1-2-3-4-9-15-11-7-5-10(6-8-11)12(13)14/h1,10-11H,3-9H2,(H,13,14). The molecule has 1 saturated carbocycles. The fraction of sp³-hybridized carbons (Fsp3) is 0.750. The van der Waals surface area contributed by atoms with Crippen molar-refractivity contribution in [3.8, 4) is 12.3 Å². The summed E-state index contributed by atoms with van der Waals surface area (Å²) in [6.45, 7) is 0.701. The second-order valence-corrected chi connectivity index (χ2v) is 3.99. The number of rotatable bonds is 5. The molecule has 0 atom stereocenters. The molecule has 0 bridgehead atoms. The third-order valence-corrected chi connectivity index (χ3v) is 2.84. The molecule has 1 fully saturated rings. The summed E-state index contributed by atoms with van der Waals surface area (Å²) in [6.07, 6.45) is 10.3. The van der Waals surface area contributed by atoms with Crippen LogP contribution in [0.3, 0.4) is 0 Å². The molecule has 0 aromatic rings. The zero-order valence-corrected chi connectivity index (χ0v) is 8.95. The van der Waals surface area contributed by atoms with Gasteiger partial charge in [0.2, 0.25) is 0 Å². The molecule has 0 unspecified atom stereocenters. The predicted octanol–water partition coefficient (Wildman–Crippen LogP) is 2.06. The van der Waals surface area contributed by atoms with Crippen molar-refractivity contribution in [2.75, 3.05) is 6.61 Å². The van der Waals surface area contributed by atoms with Gasteiger partial charge in [0.25, 0.3) is 0 Å². The number of terminal acetylenes is 1. The van der Waals surface area contributed by atoms with Crippen LogP contribution in [0.2, 0.25) is 0 Å². The van der Waals surface area contributed by atoms with Crippen molar-refractivity contribution in [3.05, 3.63) is 0 Å². The number of hydrogen-bond donors (Lipinski definition) is 1. The zero-order chi connectivity index (χ0) is 11.1. The van der Waals surface area contributed by atoms with Crippen LogP contribution >= 0.6 is 0 Å².